The summed E-state index contributed by atoms with van der Waals surface area (Å²) >= 11 is 0. The van der Waals surface area contributed by atoms with Crippen LogP contribution < -0.4 is 43.8 Å². The molecule has 2 heterocycles. The van der Waals surface area contributed by atoms with Gasteiger partial charge in [0.2, 0.25) is 11.5 Å². The summed E-state index contributed by atoms with van der Waals surface area (Å²) in [7, 11) is -8.98. The maximum atomic E-state index is 11.8. The number of fused-ring (bicyclic) bond motifs is 2. The maximum absolute atomic E-state index is 11.8. The Morgan fingerprint density at radius 2 is 1.37 bits per heavy atom. The van der Waals surface area contributed by atoms with Crippen LogP contribution in [0, 0.1) is 0 Å². The first-order valence-electron chi connectivity index (χ1n) is 16.8. The van der Waals surface area contributed by atoms with Gasteiger partial charge < -0.3 is 23.2 Å². The molecule has 0 spiro atoms. The fourth-order valence-corrected chi connectivity index (χ4v) is 6.76. The molecule has 10 nitrogen and oxygen atoms in total. The molecule has 13 heteroatoms. The van der Waals surface area contributed by atoms with Crippen LogP contribution in [0.15, 0.2) is 119 Å². The second-order valence-corrected chi connectivity index (χ2v) is 16.3. The minimum absolute atomic E-state index is 0. The number of aryl methyl sites for hydroxylation is 1. The van der Waals surface area contributed by atoms with Gasteiger partial charge in [0.25, 0.3) is 5.52 Å². The standard InChI is InChI=1S/C39H40N2O8S2.Na/c1-4-29(23-38-40(21-19-27(2)50(42,43)44)34-25-32(15-17-36(34)48-38)30-11-7-5-8-12-30)24-39-41(22-20-28(3)51(45,46)47)35-26-33(16-18-37(35)49-39)31-13-9-6-10-14-31;/h5-18,23-28H,4,19-22H2,1-3H3,(H-,42,43,44,45,46,47);/q;+1/p-1. The van der Waals surface area contributed by atoms with Gasteiger partial charge in [0.1, 0.15) is 0 Å². The number of anilines is 1. The molecule has 0 aliphatic carbocycles. The molecule has 0 radical (unpaired) electrons. The van der Waals surface area contributed by atoms with Crippen molar-refractivity contribution < 1.29 is 69.2 Å². The minimum atomic E-state index is -4.49. The molecule has 266 valence electrons. The number of rotatable bonds is 13. The molecule has 2 unspecified atom stereocenters. The van der Waals surface area contributed by atoms with Crippen LogP contribution in [0.25, 0.3) is 39.4 Å². The van der Waals surface area contributed by atoms with Crippen molar-refractivity contribution in [3.63, 3.8) is 0 Å². The van der Waals surface area contributed by atoms with Gasteiger partial charge in [0.15, 0.2) is 12.3 Å². The Morgan fingerprint density at radius 1 is 0.788 bits per heavy atom. The molecular formula is C39H39N2NaO8S2. The van der Waals surface area contributed by atoms with Gasteiger partial charge in [-0.15, -0.1) is 0 Å². The van der Waals surface area contributed by atoms with Crippen molar-refractivity contribution in [3.05, 3.63) is 120 Å². The van der Waals surface area contributed by atoms with E-state index < -0.39 is 30.7 Å². The van der Waals surface area contributed by atoms with E-state index in [0.29, 0.717) is 29.5 Å². The Labute approximate surface area is 327 Å². The number of allylic oxidation sites excluding steroid dienone is 2. The largest absolute Gasteiger partial charge is 1.00 e. The number of aromatic nitrogens is 1. The van der Waals surface area contributed by atoms with Gasteiger partial charge >= 0.3 is 35.4 Å². The first kappa shape index (κ1) is 39.5. The second kappa shape index (κ2) is 16.5. The van der Waals surface area contributed by atoms with E-state index in [-0.39, 0.29) is 55.5 Å². The van der Waals surface area contributed by atoms with E-state index in [4.69, 9.17) is 9.15 Å². The number of ether oxygens (including phenoxy) is 1. The molecule has 52 heavy (non-hydrogen) atoms. The normalized spacial score (nSPS) is 15.3. The number of oxazole rings is 1. The summed E-state index contributed by atoms with van der Waals surface area (Å²) in [5, 5.41) is -2.20. The number of hydrogen-bond donors (Lipinski definition) is 0. The molecule has 1 aromatic heterocycles. The van der Waals surface area contributed by atoms with Crippen molar-refractivity contribution in [2.75, 3.05) is 11.4 Å². The molecule has 6 rings (SSSR count). The number of hydrogen-bond acceptors (Lipinski definition) is 9. The smallest absolute Gasteiger partial charge is 0.748 e. The van der Waals surface area contributed by atoms with Crippen LogP contribution in [0.2, 0.25) is 0 Å². The summed E-state index contributed by atoms with van der Waals surface area (Å²) in [6.45, 7) is 5.21. The van der Waals surface area contributed by atoms with Crippen molar-refractivity contribution in [2.24, 2.45) is 0 Å². The molecule has 0 saturated heterocycles. The molecule has 2 atom stereocenters. The molecular weight excluding hydrogens is 712 g/mol. The van der Waals surface area contributed by atoms with Crippen LogP contribution >= 0.6 is 0 Å². The van der Waals surface area contributed by atoms with Gasteiger partial charge in [-0.2, -0.15) is 4.57 Å². The van der Waals surface area contributed by atoms with Crippen LogP contribution in [0.4, 0.5) is 5.69 Å². The second-order valence-electron chi connectivity index (χ2n) is 12.7. The van der Waals surface area contributed by atoms with Crippen LogP contribution in [-0.2, 0) is 26.8 Å². The molecule has 0 bridgehead atoms. The molecule has 0 fully saturated rings. The van der Waals surface area contributed by atoms with E-state index in [0.717, 1.165) is 39.0 Å². The molecule has 4 aromatic carbocycles. The monoisotopic (exact) mass is 750 g/mol. The molecule has 5 aromatic rings. The molecule has 1 aliphatic heterocycles. The Bertz CT molecular complexity index is 2320. The Balaban J connectivity index is 0.00000523. The number of benzene rings is 4. The van der Waals surface area contributed by atoms with Crippen LogP contribution in [-0.4, -0.2) is 43.0 Å². The summed E-state index contributed by atoms with van der Waals surface area (Å²) in [6, 6.07) is 31.3. The van der Waals surface area contributed by atoms with E-state index >= 15 is 0 Å². The summed E-state index contributed by atoms with van der Waals surface area (Å²) in [5.41, 5.74) is 6.80. The first-order chi connectivity index (χ1) is 24.3. The summed E-state index contributed by atoms with van der Waals surface area (Å²) in [4.78, 5) is 1.88. The minimum Gasteiger partial charge on any atom is -0.748 e. The van der Waals surface area contributed by atoms with Gasteiger partial charge in [0.05, 0.1) is 37.2 Å². The summed E-state index contributed by atoms with van der Waals surface area (Å²) in [5.74, 6) is 1.51. The van der Waals surface area contributed by atoms with Crippen molar-refractivity contribution in [3.8, 4) is 28.0 Å². The third-order valence-electron chi connectivity index (χ3n) is 9.20. The Morgan fingerprint density at radius 3 is 1.96 bits per heavy atom. The predicted molar refractivity (Wildman–Crippen MR) is 196 cm³/mol. The molecule has 0 amide bonds. The third kappa shape index (κ3) is 9.06. The van der Waals surface area contributed by atoms with E-state index in [1.807, 2.05) is 126 Å². The van der Waals surface area contributed by atoms with Crippen molar-refractivity contribution in [1.29, 1.82) is 0 Å². The number of nitrogens with zero attached hydrogens (tertiary/aromatic N) is 2. The van der Waals surface area contributed by atoms with Crippen molar-refractivity contribution in [2.45, 2.75) is 57.1 Å². The molecule has 0 N–H and O–H groups in total. The molecule has 1 aliphatic rings. The van der Waals surface area contributed by atoms with E-state index in [1.165, 1.54) is 13.8 Å². The van der Waals surface area contributed by atoms with Gasteiger partial charge in [-0.05, 0) is 72.7 Å². The maximum Gasteiger partial charge on any atom is 1.00 e. The first-order valence-corrected chi connectivity index (χ1v) is 19.7. The summed E-state index contributed by atoms with van der Waals surface area (Å²) in [6.07, 6.45) is 4.43. The van der Waals surface area contributed by atoms with Gasteiger partial charge in [-0.3, -0.25) is 0 Å². The van der Waals surface area contributed by atoms with Crippen LogP contribution in [0.5, 0.6) is 5.75 Å². The topological polar surface area (TPSA) is 144 Å². The zero-order valence-electron chi connectivity index (χ0n) is 29.6. The van der Waals surface area contributed by atoms with E-state index in [1.54, 1.807) is 0 Å². The van der Waals surface area contributed by atoms with Crippen LogP contribution in [0.3, 0.4) is 0 Å². The zero-order valence-corrected chi connectivity index (χ0v) is 33.2. The fraction of sp³-hybridized carbons (Fsp3) is 0.256. The third-order valence-corrected chi connectivity index (χ3v) is 11.6. The average molecular weight is 751 g/mol. The van der Waals surface area contributed by atoms with Gasteiger partial charge in [-0.1, -0.05) is 79.7 Å². The van der Waals surface area contributed by atoms with E-state index in [2.05, 4.69) is 0 Å². The fourth-order valence-electron chi connectivity index (χ4n) is 5.97. The van der Waals surface area contributed by atoms with Crippen molar-refractivity contribution >= 4 is 43.1 Å². The van der Waals surface area contributed by atoms with Crippen molar-refractivity contribution in [1.82, 2.24) is 0 Å². The molecule has 0 saturated carbocycles. The Kier molecular flexibility index (Phi) is 12.5. The van der Waals surface area contributed by atoms with Gasteiger partial charge in [0, 0.05) is 30.4 Å². The summed E-state index contributed by atoms with van der Waals surface area (Å²) < 4.78 is 85.3. The zero-order chi connectivity index (χ0) is 36.3. The predicted octanol–water partition coefficient (Wildman–Crippen LogP) is 4.24. The quantitative estimate of drug-likeness (QED) is 0.0981. The van der Waals surface area contributed by atoms with Gasteiger partial charge in [-0.25, -0.2) is 16.8 Å². The van der Waals surface area contributed by atoms with E-state index in [9.17, 15) is 25.9 Å². The van der Waals surface area contributed by atoms with Crippen LogP contribution in [0.1, 0.15) is 45.9 Å². The SMILES string of the molecule is CCC(=Cc1oc2ccc(-c3ccccc3)cc2[n+]1CCC(C)S(=O)(=O)[O-])C=C1Oc2ccc(-c3ccccc3)cc2N1CCC(C)S(=O)(=O)[O-].[Na+]. The Hall–Kier alpha value is -3.75. The average Bonchev–Trinajstić information content (AvgIpc) is 3.64.